The number of fused-ring (bicyclic) bond motifs is 1. The highest BCUT2D eigenvalue weighted by atomic mass is 32.1. The molecule has 0 radical (unpaired) electrons. The Labute approximate surface area is 145 Å². The van der Waals surface area contributed by atoms with E-state index < -0.39 is 0 Å². The third kappa shape index (κ3) is 3.34. The summed E-state index contributed by atoms with van der Waals surface area (Å²) < 4.78 is 5.87. The number of nitrogens with zero attached hydrogens (tertiary/aromatic N) is 2. The van der Waals surface area contributed by atoms with E-state index in [1.165, 1.54) is 0 Å². The average Bonchev–Trinajstić information content (AvgIpc) is 3.20. The number of carbonyl (C=O) groups excluding carboxylic acids is 1. The first kappa shape index (κ1) is 16.7. The average molecular weight is 343 g/mol. The van der Waals surface area contributed by atoms with Gasteiger partial charge in [0.15, 0.2) is 5.76 Å². The molecule has 1 aromatic carbocycles. The lowest BCUT2D eigenvalue weighted by atomic mass is 10.1. The van der Waals surface area contributed by atoms with E-state index in [0.717, 1.165) is 28.0 Å². The Bertz CT molecular complexity index is 824. The smallest absolute Gasteiger partial charge is 0.287 e. The fourth-order valence-electron chi connectivity index (χ4n) is 2.72. The van der Waals surface area contributed by atoms with Gasteiger partial charge in [0.1, 0.15) is 10.6 Å². The lowest BCUT2D eigenvalue weighted by molar-refractivity contribution is 0.0907. The predicted molar refractivity (Wildman–Crippen MR) is 96.2 cm³/mol. The van der Waals surface area contributed by atoms with Gasteiger partial charge in [0.05, 0.1) is 6.04 Å². The first-order valence-corrected chi connectivity index (χ1v) is 8.83. The third-order valence-electron chi connectivity index (χ3n) is 3.84. The fraction of sp³-hybridized carbons (Fsp3) is 0.333. The van der Waals surface area contributed by atoms with E-state index >= 15 is 0 Å². The number of furan rings is 1. The zero-order valence-corrected chi connectivity index (χ0v) is 14.9. The second kappa shape index (κ2) is 7.15. The summed E-state index contributed by atoms with van der Waals surface area (Å²) in [5, 5.41) is 6.87. The molecule has 0 aliphatic heterocycles. The summed E-state index contributed by atoms with van der Waals surface area (Å²) in [5.74, 6) is 0.199. The van der Waals surface area contributed by atoms with Crippen molar-refractivity contribution >= 4 is 28.2 Å². The summed E-state index contributed by atoms with van der Waals surface area (Å²) in [6.07, 6.45) is 2.54. The van der Waals surface area contributed by atoms with Crippen molar-refractivity contribution in [3.05, 3.63) is 52.2 Å². The Hall–Kier alpha value is -2.18. The number of amides is 1. The van der Waals surface area contributed by atoms with Gasteiger partial charge >= 0.3 is 0 Å². The van der Waals surface area contributed by atoms with Crippen LogP contribution in [0.15, 0.2) is 40.3 Å². The van der Waals surface area contributed by atoms with Crippen LogP contribution in [0.25, 0.3) is 11.0 Å². The van der Waals surface area contributed by atoms with Gasteiger partial charge in [0.25, 0.3) is 5.91 Å². The number of rotatable bonds is 6. The molecule has 0 saturated heterocycles. The monoisotopic (exact) mass is 343 g/mol. The highest BCUT2D eigenvalue weighted by Gasteiger charge is 2.24. The highest BCUT2D eigenvalue weighted by Crippen LogP contribution is 2.28. The maximum atomic E-state index is 12.8. The summed E-state index contributed by atoms with van der Waals surface area (Å²) in [6, 6.07) is 7.66. The lowest BCUT2D eigenvalue weighted by Crippen LogP contribution is -2.29. The van der Waals surface area contributed by atoms with Gasteiger partial charge in [-0.3, -0.25) is 4.79 Å². The van der Waals surface area contributed by atoms with Gasteiger partial charge in [0, 0.05) is 29.1 Å². The molecular weight excluding hydrogens is 322 g/mol. The SMILES string of the molecule is CCC(NC(=O)c1oc2ccccc2c1CN(C)C)c1nccs1. The summed E-state index contributed by atoms with van der Waals surface area (Å²) >= 11 is 1.55. The zero-order valence-electron chi connectivity index (χ0n) is 14.1. The Morgan fingerprint density at radius 2 is 2.17 bits per heavy atom. The first-order valence-electron chi connectivity index (χ1n) is 7.95. The minimum Gasteiger partial charge on any atom is -0.451 e. The summed E-state index contributed by atoms with van der Waals surface area (Å²) in [6.45, 7) is 2.68. The van der Waals surface area contributed by atoms with Crippen LogP contribution >= 0.6 is 11.3 Å². The molecular formula is C18H21N3O2S. The lowest BCUT2D eigenvalue weighted by Gasteiger charge is -2.15. The van der Waals surface area contributed by atoms with Crippen LogP contribution < -0.4 is 5.32 Å². The fourth-order valence-corrected chi connectivity index (χ4v) is 3.50. The molecule has 2 heterocycles. The summed E-state index contributed by atoms with van der Waals surface area (Å²) in [7, 11) is 3.96. The van der Waals surface area contributed by atoms with Gasteiger partial charge in [-0.15, -0.1) is 11.3 Å². The van der Waals surface area contributed by atoms with E-state index in [1.54, 1.807) is 17.5 Å². The Morgan fingerprint density at radius 3 is 2.83 bits per heavy atom. The minimum atomic E-state index is -0.190. The minimum absolute atomic E-state index is 0.0991. The predicted octanol–water partition coefficient (Wildman–Crippen LogP) is 3.83. The molecule has 3 aromatic rings. The second-order valence-corrected chi connectivity index (χ2v) is 6.87. The van der Waals surface area contributed by atoms with Gasteiger partial charge in [-0.05, 0) is 26.6 Å². The number of para-hydroxylation sites is 1. The molecule has 24 heavy (non-hydrogen) atoms. The van der Waals surface area contributed by atoms with E-state index in [2.05, 4.69) is 10.3 Å². The molecule has 126 valence electrons. The zero-order chi connectivity index (χ0) is 17.1. The van der Waals surface area contributed by atoms with Gasteiger partial charge in [0.2, 0.25) is 0 Å². The maximum Gasteiger partial charge on any atom is 0.287 e. The molecule has 1 N–H and O–H groups in total. The summed E-state index contributed by atoms with van der Waals surface area (Å²) in [4.78, 5) is 19.2. The Morgan fingerprint density at radius 1 is 1.38 bits per heavy atom. The van der Waals surface area contributed by atoms with E-state index in [4.69, 9.17) is 4.42 Å². The number of hydrogen-bond acceptors (Lipinski definition) is 5. The molecule has 1 atom stereocenters. The van der Waals surface area contributed by atoms with Crippen molar-refractivity contribution in [2.24, 2.45) is 0 Å². The van der Waals surface area contributed by atoms with Gasteiger partial charge in [-0.2, -0.15) is 0 Å². The van der Waals surface area contributed by atoms with Crippen molar-refractivity contribution in [3.63, 3.8) is 0 Å². The second-order valence-electron chi connectivity index (χ2n) is 5.95. The van der Waals surface area contributed by atoms with E-state index in [-0.39, 0.29) is 11.9 Å². The van der Waals surface area contributed by atoms with Gasteiger partial charge in [-0.25, -0.2) is 4.98 Å². The molecule has 0 aliphatic rings. The molecule has 1 amide bonds. The molecule has 2 aromatic heterocycles. The molecule has 5 nitrogen and oxygen atoms in total. The maximum absolute atomic E-state index is 12.8. The number of carbonyl (C=O) groups is 1. The van der Waals surface area contributed by atoms with Crippen LogP contribution in [0.3, 0.4) is 0 Å². The normalized spacial score (nSPS) is 12.7. The molecule has 0 saturated carbocycles. The molecule has 0 fully saturated rings. The van der Waals surface area contributed by atoms with Crippen LogP contribution in [-0.2, 0) is 6.54 Å². The van der Waals surface area contributed by atoms with Crippen molar-refractivity contribution in [2.45, 2.75) is 25.9 Å². The van der Waals surface area contributed by atoms with Crippen LogP contribution in [0.4, 0.5) is 0 Å². The van der Waals surface area contributed by atoms with Crippen molar-refractivity contribution in [3.8, 4) is 0 Å². The summed E-state index contributed by atoms with van der Waals surface area (Å²) in [5.41, 5.74) is 1.66. The largest absolute Gasteiger partial charge is 0.451 e. The molecule has 3 rings (SSSR count). The topological polar surface area (TPSA) is 58.4 Å². The van der Waals surface area contributed by atoms with E-state index in [0.29, 0.717) is 12.3 Å². The van der Waals surface area contributed by atoms with Crippen LogP contribution in [0.2, 0.25) is 0 Å². The Kier molecular flexibility index (Phi) is 4.97. The van der Waals surface area contributed by atoms with E-state index in [9.17, 15) is 4.79 Å². The van der Waals surface area contributed by atoms with Crippen molar-refractivity contribution in [2.75, 3.05) is 14.1 Å². The molecule has 1 unspecified atom stereocenters. The van der Waals surface area contributed by atoms with Crippen molar-refractivity contribution in [1.29, 1.82) is 0 Å². The molecule has 0 spiro atoms. The Balaban J connectivity index is 1.94. The number of thiazole rings is 1. The van der Waals surface area contributed by atoms with Crippen LogP contribution in [0.5, 0.6) is 0 Å². The van der Waals surface area contributed by atoms with Gasteiger partial charge < -0.3 is 14.6 Å². The molecule has 0 aliphatic carbocycles. The highest BCUT2D eigenvalue weighted by molar-refractivity contribution is 7.09. The molecule has 0 bridgehead atoms. The van der Waals surface area contributed by atoms with Crippen molar-refractivity contribution in [1.82, 2.24) is 15.2 Å². The number of nitrogens with one attached hydrogen (secondary N) is 1. The van der Waals surface area contributed by atoms with Gasteiger partial charge in [-0.1, -0.05) is 25.1 Å². The van der Waals surface area contributed by atoms with Crippen LogP contribution in [0, 0.1) is 0 Å². The first-order chi connectivity index (χ1) is 11.6. The van der Waals surface area contributed by atoms with Crippen molar-refractivity contribution < 1.29 is 9.21 Å². The standard InChI is InChI=1S/C18H21N3O2S/c1-4-14(18-19-9-10-24-18)20-17(22)16-13(11-21(2)3)12-7-5-6-8-15(12)23-16/h5-10,14H,4,11H2,1-3H3,(H,20,22). The third-order valence-corrected chi connectivity index (χ3v) is 4.73. The van der Waals surface area contributed by atoms with Crippen LogP contribution in [-0.4, -0.2) is 29.9 Å². The van der Waals surface area contributed by atoms with E-state index in [1.807, 2.05) is 55.6 Å². The number of benzene rings is 1. The number of hydrogen-bond donors (Lipinski definition) is 1. The molecule has 6 heteroatoms. The quantitative estimate of drug-likeness (QED) is 0.739. The van der Waals surface area contributed by atoms with Crippen LogP contribution in [0.1, 0.15) is 40.5 Å². The number of aromatic nitrogens is 1.